The van der Waals surface area contributed by atoms with Crippen LogP contribution in [0.2, 0.25) is 0 Å². The quantitative estimate of drug-likeness (QED) is 0.580. The average molecular weight is 182 g/mol. The summed E-state index contributed by atoms with van der Waals surface area (Å²) in [4.78, 5) is 0. The molecule has 0 aromatic carbocycles. The maximum atomic E-state index is 5.54. The highest BCUT2D eigenvalue weighted by Crippen LogP contribution is 2.26. The Kier molecular flexibility index (Phi) is 3.39. The highest BCUT2D eigenvalue weighted by Gasteiger charge is 2.25. The van der Waals surface area contributed by atoms with Gasteiger partial charge in [-0.25, -0.2) is 0 Å². The van der Waals surface area contributed by atoms with Crippen LogP contribution in [-0.2, 0) is 9.47 Å². The molecule has 0 aromatic heterocycles. The van der Waals surface area contributed by atoms with Crippen molar-refractivity contribution >= 4 is 0 Å². The maximum absolute atomic E-state index is 5.54. The van der Waals surface area contributed by atoms with E-state index in [1.807, 2.05) is 0 Å². The fourth-order valence-corrected chi connectivity index (χ4v) is 2.11. The third-order valence-electron chi connectivity index (χ3n) is 2.85. The summed E-state index contributed by atoms with van der Waals surface area (Å²) < 4.78 is 11.1. The van der Waals surface area contributed by atoms with Crippen molar-refractivity contribution in [3.8, 4) is 0 Å². The molecule has 0 amide bonds. The third kappa shape index (κ3) is 2.55. The largest absolute Gasteiger partial charge is 0.350 e. The lowest BCUT2D eigenvalue weighted by Gasteiger charge is -2.22. The number of allylic oxidation sites excluding steroid dienone is 2. The first-order valence-corrected chi connectivity index (χ1v) is 5.35. The molecule has 2 heteroatoms. The molecule has 1 heterocycles. The summed E-state index contributed by atoms with van der Waals surface area (Å²) in [5.41, 5.74) is 0. The monoisotopic (exact) mass is 182 g/mol. The van der Waals surface area contributed by atoms with Gasteiger partial charge in [0, 0.05) is 5.92 Å². The first-order valence-electron chi connectivity index (χ1n) is 5.35. The first-order chi connectivity index (χ1) is 6.47. The van der Waals surface area contributed by atoms with Gasteiger partial charge in [-0.3, -0.25) is 0 Å². The maximum Gasteiger partial charge on any atom is 0.160 e. The standard InChI is InChI=1S/C11H18O2/c1-2-4-6-10(7-5-3-1)11-12-8-9-13-11/h1-2,10-11H,3-9H2/b2-1-. The van der Waals surface area contributed by atoms with Gasteiger partial charge in [0.15, 0.2) is 6.29 Å². The normalized spacial score (nSPS) is 34.0. The Hall–Kier alpha value is -0.340. The molecule has 0 saturated carbocycles. The Labute approximate surface area is 79.9 Å². The van der Waals surface area contributed by atoms with Crippen LogP contribution in [0, 0.1) is 5.92 Å². The molecule has 2 rings (SSSR count). The van der Waals surface area contributed by atoms with Crippen LogP contribution in [0.1, 0.15) is 32.1 Å². The highest BCUT2D eigenvalue weighted by atomic mass is 16.7. The molecule has 2 aliphatic rings. The Morgan fingerprint density at radius 1 is 0.923 bits per heavy atom. The fourth-order valence-electron chi connectivity index (χ4n) is 2.11. The van der Waals surface area contributed by atoms with Gasteiger partial charge in [-0.05, 0) is 32.1 Å². The average Bonchev–Trinajstić information content (AvgIpc) is 2.55. The lowest BCUT2D eigenvalue weighted by molar-refractivity contribution is -0.0878. The Balaban J connectivity index is 1.85. The van der Waals surface area contributed by atoms with Crippen LogP contribution in [0.4, 0.5) is 0 Å². The van der Waals surface area contributed by atoms with E-state index in [2.05, 4.69) is 12.2 Å². The Morgan fingerprint density at radius 3 is 2.54 bits per heavy atom. The summed E-state index contributed by atoms with van der Waals surface area (Å²) in [6.07, 6.45) is 10.9. The van der Waals surface area contributed by atoms with Gasteiger partial charge in [-0.1, -0.05) is 12.2 Å². The second kappa shape index (κ2) is 4.77. The van der Waals surface area contributed by atoms with E-state index in [1.54, 1.807) is 0 Å². The van der Waals surface area contributed by atoms with Gasteiger partial charge in [-0.2, -0.15) is 0 Å². The molecule has 13 heavy (non-hydrogen) atoms. The smallest absolute Gasteiger partial charge is 0.160 e. The van der Waals surface area contributed by atoms with Gasteiger partial charge >= 0.3 is 0 Å². The van der Waals surface area contributed by atoms with Crippen molar-refractivity contribution in [3.63, 3.8) is 0 Å². The number of hydrogen-bond donors (Lipinski definition) is 0. The lowest BCUT2D eigenvalue weighted by atomic mass is 9.93. The molecule has 2 nitrogen and oxygen atoms in total. The molecule has 0 aromatic rings. The number of hydrogen-bond acceptors (Lipinski definition) is 2. The summed E-state index contributed by atoms with van der Waals surface area (Å²) >= 11 is 0. The SMILES string of the molecule is C1=C\CCC(C2OCCO2)CCC/1. The third-order valence-corrected chi connectivity index (χ3v) is 2.85. The molecule has 1 unspecified atom stereocenters. The van der Waals surface area contributed by atoms with E-state index in [9.17, 15) is 0 Å². The minimum atomic E-state index is 0.103. The summed E-state index contributed by atoms with van der Waals surface area (Å²) in [5, 5.41) is 0. The molecular weight excluding hydrogens is 164 g/mol. The van der Waals surface area contributed by atoms with E-state index < -0.39 is 0 Å². The first kappa shape index (κ1) is 9.22. The molecule has 1 atom stereocenters. The molecule has 0 spiro atoms. The molecule has 74 valence electrons. The second-order valence-corrected chi connectivity index (χ2v) is 3.85. The summed E-state index contributed by atoms with van der Waals surface area (Å²) in [5.74, 6) is 0.632. The summed E-state index contributed by atoms with van der Waals surface area (Å²) in [6.45, 7) is 1.58. The van der Waals surface area contributed by atoms with Crippen LogP contribution >= 0.6 is 0 Å². The Morgan fingerprint density at radius 2 is 1.69 bits per heavy atom. The van der Waals surface area contributed by atoms with E-state index >= 15 is 0 Å². The van der Waals surface area contributed by atoms with E-state index in [0.717, 1.165) is 13.2 Å². The molecule has 1 aliphatic heterocycles. The molecule has 0 N–H and O–H groups in total. The van der Waals surface area contributed by atoms with E-state index in [4.69, 9.17) is 9.47 Å². The fraction of sp³-hybridized carbons (Fsp3) is 0.818. The molecule has 1 aliphatic carbocycles. The van der Waals surface area contributed by atoms with Crippen LogP contribution in [-0.4, -0.2) is 19.5 Å². The minimum absolute atomic E-state index is 0.103. The van der Waals surface area contributed by atoms with Gasteiger partial charge in [0.2, 0.25) is 0 Å². The van der Waals surface area contributed by atoms with Crippen molar-refractivity contribution in [1.29, 1.82) is 0 Å². The highest BCUT2D eigenvalue weighted by molar-refractivity contribution is 4.85. The second-order valence-electron chi connectivity index (χ2n) is 3.85. The van der Waals surface area contributed by atoms with Crippen LogP contribution < -0.4 is 0 Å². The van der Waals surface area contributed by atoms with E-state index in [0.29, 0.717) is 5.92 Å². The molecular formula is C11H18O2. The van der Waals surface area contributed by atoms with Crippen molar-refractivity contribution < 1.29 is 9.47 Å². The van der Waals surface area contributed by atoms with Crippen LogP contribution in [0.3, 0.4) is 0 Å². The zero-order chi connectivity index (χ0) is 8.93. The van der Waals surface area contributed by atoms with Crippen molar-refractivity contribution in [2.24, 2.45) is 5.92 Å². The predicted molar refractivity (Wildman–Crippen MR) is 51.4 cm³/mol. The topological polar surface area (TPSA) is 18.5 Å². The summed E-state index contributed by atoms with van der Waals surface area (Å²) in [6, 6.07) is 0. The Bertz CT molecular complexity index is 171. The van der Waals surface area contributed by atoms with Crippen molar-refractivity contribution in [2.45, 2.75) is 38.4 Å². The van der Waals surface area contributed by atoms with Crippen molar-refractivity contribution in [3.05, 3.63) is 12.2 Å². The zero-order valence-electron chi connectivity index (χ0n) is 8.08. The molecule has 1 fully saturated rings. The minimum Gasteiger partial charge on any atom is -0.350 e. The van der Waals surface area contributed by atoms with Crippen molar-refractivity contribution in [2.75, 3.05) is 13.2 Å². The van der Waals surface area contributed by atoms with E-state index in [-0.39, 0.29) is 6.29 Å². The van der Waals surface area contributed by atoms with Gasteiger partial charge in [0.05, 0.1) is 13.2 Å². The molecule has 1 saturated heterocycles. The zero-order valence-corrected chi connectivity index (χ0v) is 8.08. The van der Waals surface area contributed by atoms with Gasteiger partial charge in [-0.15, -0.1) is 0 Å². The summed E-state index contributed by atoms with van der Waals surface area (Å²) in [7, 11) is 0. The van der Waals surface area contributed by atoms with E-state index in [1.165, 1.54) is 32.1 Å². The van der Waals surface area contributed by atoms with Gasteiger partial charge in [0.25, 0.3) is 0 Å². The van der Waals surface area contributed by atoms with Crippen LogP contribution in [0.15, 0.2) is 12.2 Å². The lowest BCUT2D eigenvalue weighted by Crippen LogP contribution is -2.21. The van der Waals surface area contributed by atoms with Gasteiger partial charge in [0.1, 0.15) is 0 Å². The molecule has 0 radical (unpaired) electrons. The predicted octanol–water partition coefficient (Wildman–Crippen LogP) is 2.50. The van der Waals surface area contributed by atoms with Crippen LogP contribution in [0.25, 0.3) is 0 Å². The van der Waals surface area contributed by atoms with Crippen LogP contribution in [0.5, 0.6) is 0 Å². The number of rotatable bonds is 1. The number of ether oxygens (including phenoxy) is 2. The van der Waals surface area contributed by atoms with Gasteiger partial charge < -0.3 is 9.47 Å². The molecule has 0 bridgehead atoms. The van der Waals surface area contributed by atoms with Crippen molar-refractivity contribution in [1.82, 2.24) is 0 Å².